The third-order valence-corrected chi connectivity index (χ3v) is 10.2. The fraction of sp³-hybridized carbons (Fsp3) is 0.240. The van der Waals surface area contributed by atoms with Crippen molar-refractivity contribution in [2.24, 2.45) is 0 Å². The van der Waals surface area contributed by atoms with Crippen molar-refractivity contribution in [3.05, 3.63) is 94.0 Å². The fourth-order valence-electron chi connectivity index (χ4n) is 4.32. The summed E-state index contributed by atoms with van der Waals surface area (Å²) in [4.78, 5) is 11.2. The number of carboxylic acids is 1. The average Bonchev–Trinajstić information content (AvgIpc) is 3.26. The Morgan fingerprint density at radius 1 is 0.865 bits per heavy atom. The van der Waals surface area contributed by atoms with Crippen LogP contribution in [0.4, 0.5) is 0 Å². The van der Waals surface area contributed by atoms with Crippen LogP contribution in [0.25, 0.3) is 0 Å². The van der Waals surface area contributed by atoms with Gasteiger partial charge in [0.05, 0.1) is 15.4 Å². The van der Waals surface area contributed by atoms with Crippen LogP contribution in [0, 0.1) is 0 Å². The molecule has 3 aromatic carbocycles. The van der Waals surface area contributed by atoms with Crippen LogP contribution in [0.2, 0.25) is 10.0 Å². The molecule has 0 amide bonds. The summed E-state index contributed by atoms with van der Waals surface area (Å²) in [5, 5.41) is 9.90. The summed E-state index contributed by atoms with van der Waals surface area (Å²) in [5.41, 5.74) is 1.01. The number of rotatable bonds is 9. The van der Waals surface area contributed by atoms with E-state index in [-0.39, 0.29) is 28.3 Å². The minimum Gasteiger partial charge on any atom is -0.478 e. The van der Waals surface area contributed by atoms with Crippen LogP contribution in [-0.2, 0) is 26.5 Å². The maximum absolute atomic E-state index is 13.5. The summed E-state index contributed by atoms with van der Waals surface area (Å²) < 4.78 is 56.9. The molecule has 1 heterocycles. The smallest absolute Gasteiger partial charge is 0.335 e. The van der Waals surface area contributed by atoms with Gasteiger partial charge in [-0.05, 0) is 85.5 Å². The monoisotopic (exact) mass is 582 g/mol. The van der Waals surface area contributed by atoms with Gasteiger partial charge in [-0.3, -0.25) is 0 Å². The quantitative estimate of drug-likeness (QED) is 0.385. The van der Waals surface area contributed by atoms with E-state index in [1.54, 1.807) is 12.1 Å². The summed E-state index contributed by atoms with van der Waals surface area (Å²) in [5.74, 6) is -1.03. The Morgan fingerprint density at radius 3 is 1.95 bits per heavy atom. The van der Waals surface area contributed by atoms with Crippen LogP contribution in [0.1, 0.15) is 28.8 Å². The van der Waals surface area contributed by atoms with Gasteiger partial charge < -0.3 is 5.11 Å². The van der Waals surface area contributed by atoms with Gasteiger partial charge in [0.25, 0.3) is 0 Å². The molecule has 4 rings (SSSR count). The first-order valence-electron chi connectivity index (χ1n) is 11.3. The number of hydrogen-bond acceptors (Lipinski definition) is 5. The molecule has 3 aromatic rings. The van der Waals surface area contributed by atoms with Crippen molar-refractivity contribution in [3.63, 3.8) is 0 Å². The third kappa shape index (κ3) is 6.51. The van der Waals surface area contributed by atoms with Crippen molar-refractivity contribution in [2.75, 3.05) is 6.54 Å². The normalized spacial score (nSPS) is 18.6. The molecule has 0 aromatic heterocycles. The highest BCUT2D eigenvalue weighted by Gasteiger charge is 2.41. The van der Waals surface area contributed by atoms with Crippen LogP contribution in [-0.4, -0.2) is 50.8 Å². The number of nitrogens with one attached hydrogen (secondary N) is 1. The third-order valence-electron chi connectivity index (χ3n) is 6.20. The lowest BCUT2D eigenvalue weighted by Gasteiger charge is -2.24. The summed E-state index contributed by atoms with van der Waals surface area (Å²) in [7, 11) is -7.85. The van der Waals surface area contributed by atoms with E-state index in [1.807, 2.05) is 0 Å². The maximum atomic E-state index is 13.5. The van der Waals surface area contributed by atoms with Crippen LogP contribution in [0.15, 0.2) is 82.6 Å². The van der Waals surface area contributed by atoms with Gasteiger partial charge >= 0.3 is 5.97 Å². The second-order valence-electron chi connectivity index (χ2n) is 8.73. The number of aromatic carboxylic acids is 1. The molecule has 2 N–H and O–H groups in total. The summed E-state index contributed by atoms with van der Waals surface area (Å²) in [6.45, 7) is -0.0413. The summed E-state index contributed by atoms with van der Waals surface area (Å²) in [6, 6.07) is 16.8. The highest BCUT2D eigenvalue weighted by molar-refractivity contribution is 7.89. The van der Waals surface area contributed by atoms with E-state index in [0.29, 0.717) is 22.9 Å². The van der Waals surface area contributed by atoms with E-state index in [1.165, 1.54) is 65.0 Å². The molecule has 0 saturated carbocycles. The van der Waals surface area contributed by atoms with Gasteiger partial charge in [0.1, 0.15) is 0 Å². The van der Waals surface area contributed by atoms with Gasteiger partial charge in [-0.15, -0.1) is 0 Å². The molecular weight excluding hydrogens is 559 g/mol. The maximum Gasteiger partial charge on any atom is 0.335 e. The Hall–Kier alpha value is -2.47. The molecule has 37 heavy (non-hydrogen) atoms. The second kappa shape index (κ2) is 11.1. The number of hydrogen-bond donors (Lipinski definition) is 2. The number of halogens is 2. The van der Waals surface area contributed by atoms with Gasteiger partial charge in [-0.1, -0.05) is 35.3 Å². The number of aryl methyl sites for hydroxylation is 1. The molecule has 196 valence electrons. The van der Waals surface area contributed by atoms with Gasteiger partial charge in [-0.25, -0.2) is 26.4 Å². The Labute approximate surface area is 225 Å². The Morgan fingerprint density at radius 2 is 1.41 bits per heavy atom. The molecule has 0 radical (unpaired) electrons. The molecule has 12 heteroatoms. The molecule has 1 aliphatic rings. The molecular formula is C25H24Cl2N2O6S2. The van der Waals surface area contributed by atoms with Gasteiger partial charge in [0, 0.05) is 28.7 Å². The van der Waals surface area contributed by atoms with Crippen molar-refractivity contribution >= 4 is 49.2 Å². The lowest BCUT2D eigenvalue weighted by molar-refractivity contribution is 0.0697. The minimum absolute atomic E-state index is 0.0333. The van der Waals surface area contributed by atoms with E-state index in [4.69, 9.17) is 28.3 Å². The first-order chi connectivity index (χ1) is 17.5. The van der Waals surface area contributed by atoms with Crippen molar-refractivity contribution in [1.82, 2.24) is 9.03 Å². The van der Waals surface area contributed by atoms with E-state index >= 15 is 0 Å². The molecule has 8 nitrogen and oxygen atoms in total. The van der Waals surface area contributed by atoms with E-state index in [9.17, 15) is 21.6 Å². The van der Waals surface area contributed by atoms with Crippen molar-refractivity contribution < 1.29 is 26.7 Å². The molecule has 1 aliphatic heterocycles. The number of carbonyl (C=O) groups is 1. The van der Waals surface area contributed by atoms with Crippen molar-refractivity contribution in [1.29, 1.82) is 0 Å². The zero-order valence-electron chi connectivity index (χ0n) is 19.4. The van der Waals surface area contributed by atoms with Crippen LogP contribution in [0.3, 0.4) is 0 Å². The number of carboxylic acid groups (broad SMARTS) is 1. The lowest BCUT2D eigenvalue weighted by Crippen LogP contribution is -2.39. The highest BCUT2D eigenvalue weighted by atomic mass is 35.5. The van der Waals surface area contributed by atoms with Crippen LogP contribution in [0.5, 0.6) is 0 Å². The Bertz CT molecular complexity index is 1480. The fourth-order valence-corrected chi connectivity index (χ4v) is 7.52. The van der Waals surface area contributed by atoms with Gasteiger partial charge in [0.15, 0.2) is 0 Å². The van der Waals surface area contributed by atoms with Gasteiger partial charge in [-0.2, -0.15) is 4.31 Å². The molecule has 0 aliphatic carbocycles. The molecule has 0 bridgehead atoms. The topological polar surface area (TPSA) is 121 Å². The number of nitrogens with zero attached hydrogens (tertiary/aromatic N) is 1. The largest absolute Gasteiger partial charge is 0.478 e. The van der Waals surface area contributed by atoms with Gasteiger partial charge in [0.2, 0.25) is 20.0 Å². The standard InChI is InChI=1S/C25H24Cl2N2O6S2/c26-19-6-11-23(12-7-19)36(32,33)28-21-15-22(10-3-17-1-4-18(5-2-17)25(30)31)29(16-21)37(34,35)24-13-8-20(27)9-14-24/h1-2,4-9,11-14,21-22,28H,3,10,15-16H2,(H,30,31)/t21-,22-/m1/s1. The molecule has 0 spiro atoms. The summed E-state index contributed by atoms with van der Waals surface area (Å²) in [6.07, 6.45) is 1.17. The molecule has 1 fully saturated rings. The summed E-state index contributed by atoms with van der Waals surface area (Å²) >= 11 is 11.8. The lowest BCUT2D eigenvalue weighted by atomic mass is 10.0. The zero-order valence-corrected chi connectivity index (χ0v) is 22.6. The average molecular weight is 584 g/mol. The molecule has 0 unspecified atom stereocenters. The number of benzene rings is 3. The molecule has 2 atom stereocenters. The Kier molecular flexibility index (Phi) is 8.27. The Balaban J connectivity index is 1.57. The van der Waals surface area contributed by atoms with Crippen molar-refractivity contribution in [2.45, 2.75) is 41.1 Å². The zero-order chi connectivity index (χ0) is 26.8. The number of sulfonamides is 2. The van der Waals surface area contributed by atoms with E-state index < -0.39 is 38.1 Å². The van der Waals surface area contributed by atoms with Crippen LogP contribution < -0.4 is 4.72 Å². The van der Waals surface area contributed by atoms with E-state index in [0.717, 1.165) is 5.56 Å². The first-order valence-corrected chi connectivity index (χ1v) is 15.0. The van der Waals surface area contributed by atoms with Crippen LogP contribution >= 0.6 is 23.2 Å². The van der Waals surface area contributed by atoms with Crippen molar-refractivity contribution in [3.8, 4) is 0 Å². The predicted octanol–water partition coefficient (Wildman–Crippen LogP) is 4.43. The highest BCUT2D eigenvalue weighted by Crippen LogP contribution is 2.30. The van der Waals surface area contributed by atoms with E-state index in [2.05, 4.69) is 4.72 Å². The first kappa shape index (κ1) is 27.6. The minimum atomic E-state index is -3.94. The second-order valence-corrected chi connectivity index (χ2v) is 13.2. The predicted molar refractivity (Wildman–Crippen MR) is 141 cm³/mol. The SMILES string of the molecule is O=C(O)c1ccc(CC[C@@H]2C[C@@H](NS(=O)(=O)c3ccc(Cl)cc3)CN2S(=O)(=O)c2ccc(Cl)cc2)cc1. The molecule has 1 saturated heterocycles.